The topological polar surface area (TPSA) is 136 Å². The van der Waals surface area contributed by atoms with Crippen molar-refractivity contribution < 1.29 is 33.3 Å². The molecule has 0 saturated carbocycles. The Morgan fingerprint density at radius 1 is 1.00 bits per heavy atom. The molecule has 4 rings (SSSR count). The Kier molecular flexibility index (Phi) is 10.4. The van der Waals surface area contributed by atoms with E-state index in [9.17, 15) is 18.9 Å². The van der Waals surface area contributed by atoms with Crippen molar-refractivity contribution in [1.29, 1.82) is 0 Å². The van der Waals surface area contributed by atoms with Gasteiger partial charge in [0.2, 0.25) is 17.7 Å². The van der Waals surface area contributed by atoms with Gasteiger partial charge < -0.3 is 19.6 Å². The number of carbonyl (C=O) groups excluding carboxylic acids is 3. The lowest BCUT2D eigenvalue weighted by Crippen LogP contribution is -2.57. The summed E-state index contributed by atoms with van der Waals surface area (Å²) in [4.78, 5) is 62.3. The van der Waals surface area contributed by atoms with Crippen molar-refractivity contribution in [2.75, 3.05) is 11.4 Å². The summed E-state index contributed by atoms with van der Waals surface area (Å²) in [6.45, 7) is 6.34. The summed E-state index contributed by atoms with van der Waals surface area (Å²) in [6.07, 6.45) is 4.00. The average Bonchev–Trinajstić information content (AvgIpc) is 3.47. The van der Waals surface area contributed by atoms with Crippen molar-refractivity contribution in [3.8, 4) is 5.75 Å². The van der Waals surface area contributed by atoms with E-state index < -0.39 is 31.2 Å². The van der Waals surface area contributed by atoms with Crippen molar-refractivity contribution in [2.24, 2.45) is 5.41 Å². The minimum Gasteiger partial charge on any atom is -0.404 e. The van der Waals surface area contributed by atoms with E-state index in [1.165, 1.54) is 36.4 Å². The second-order valence-corrected chi connectivity index (χ2v) is 12.9. The van der Waals surface area contributed by atoms with Crippen molar-refractivity contribution in [3.05, 3.63) is 102 Å². The van der Waals surface area contributed by atoms with Gasteiger partial charge in [0.05, 0.1) is 6.54 Å². The maximum Gasteiger partial charge on any atom is 0.524 e. The van der Waals surface area contributed by atoms with Crippen LogP contribution in [0.2, 0.25) is 0 Å². The molecule has 0 bridgehead atoms. The molecule has 0 radical (unpaired) electrons. The van der Waals surface area contributed by atoms with Gasteiger partial charge in [-0.25, -0.2) is 4.57 Å². The molecule has 1 saturated heterocycles. The molecule has 0 aliphatic carbocycles. The SMILES string of the molecule is CC(C)(C)C(NC(=O)/C=C/c1ccc(OP(=O)(O)O)cc1)C(=O)N1CCCC1C(=O)N(Cc1ccccc1)c1ccccc1. The number of amides is 3. The molecule has 2 unspecified atom stereocenters. The standard InChI is InChI=1S/C33H38N3O7P/c1-33(2,3)30(34-29(37)21-18-24-16-19-27(20-17-24)43-44(40,41)42)32(39)35-22-10-15-28(35)31(38)36(26-13-8-5-9-14-26)23-25-11-6-4-7-12-25/h4-9,11-14,16-21,28,30H,10,15,22-23H2,1-3H3,(H,34,37)(H2,40,41,42)/b21-18+. The van der Waals surface area contributed by atoms with E-state index in [0.717, 1.165) is 11.3 Å². The zero-order valence-corrected chi connectivity index (χ0v) is 25.9. The van der Waals surface area contributed by atoms with Gasteiger partial charge in [0, 0.05) is 18.3 Å². The number of carbonyl (C=O) groups is 3. The van der Waals surface area contributed by atoms with Crippen LogP contribution in [0.3, 0.4) is 0 Å². The number of hydrogen-bond donors (Lipinski definition) is 3. The highest BCUT2D eigenvalue weighted by Gasteiger charge is 2.43. The van der Waals surface area contributed by atoms with E-state index in [0.29, 0.717) is 31.5 Å². The number of nitrogens with zero attached hydrogens (tertiary/aromatic N) is 2. The molecular weight excluding hydrogens is 581 g/mol. The van der Waals surface area contributed by atoms with Crippen molar-refractivity contribution >= 4 is 37.3 Å². The summed E-state index contributed by atoms with van der Waals surface area (Å²) in [6, 6.07) is 23.4. The molecule has 1 aliphatic heterocycles. The monoisotopic (exact) mass is 619 g/mol. The van der Waals surface area contributed by atoms with Crippen molar-refractivity contribution in [2.45, 2.75) is 52.2 Å². The number of phosphoric acid groups is 1. The first-order chi connectivity index (χ1) is 20.8. The van der Waals surface area contributed by atoms with Gasteiger partial charge in [0.1, 0.15) is 17.8 Å². The highest BCUT2D eigenvalue weighted by Crippen LogP contribution is 2.37. The smallest absolute Gasteiger partial charge is 0.404 e. The lowest BCUT2D eigenvalue weighted by molar-refractivity contribution is -0.142. The lowest BCUT2D eigenvalue weighted by atomic mass is 9.85. The van der Waals surface area contributed by atoms with Gasteiger partial charge in [-0.2, -0.15) is 0 Å². The molecule has 2 atom stereocenters. The predicted octanol–water partition coefficient (Wildman–Crippen LogP) is 4.93. The molecule has 0 aromatic heterocycles. The van der Waals surface area contributed by atoms with E-state index >= 15 is 0 Å². The van der Waals surface area contributed by atoms with Crippen LogP contribution in [0, 0.1) is 5.41 Å². The predicted molar refractivity (Wildman–Crippen MR) is 168 cm³/mol. The maximum absolute atomic E-state index is 14.1. The summed E-state index contributed by atoms with van der Waals surface area (Å²) in [5.74, 6) is -0.994. The Hall–Kier alpha value is -4.24. The first kappa shape index (κ1) is 32.7. The van der Waals surface area contributed by atoms with Crippen LogP contribution >= 0.6 is 7.82 Å². The third-order valence-corrected chi connectivity index (χ3v) is 7.72. The summed E-state index contributed by atoms with van der Waals surface area (Å²) in [5.41, 5.74) is 1.65. The molecule has 3 N–H and O–H groups in total. The first-order valence-electron chi connectivity index (χ1n) is 14.4. The largest absolute Gasteiger partial charge is 0.524 e. The summed E-state index contributed by atoms with van der Waals surface area (Å²) < 4.78 is 15.6. The Morgan fingerprint density at radius 2 is 1.61 bits per heavy atom. The van der Waals surface area contributed by atoms with Gasteiger partial charge >= 0.3 is 7.82 Å². The normalized spacial score (nSPS) is 16.0. The van der Waals surface area contributed by atoms with Crippen LogP contribution in [0.25, 0.3) is 6.08 Å². The van der Waals surface area contributed by atoms with Crippen molar-refractivity contribution in [1.82, 2.24) is 10.2 Å². The molecule has 1 heterocycles. The quantitative estimate of drug-likeness (QED) is 0.216. The summed E-state index contributed by atoms with van der Waals surface area (Å²) in [7, 11) is -4.67. The fraction of sp³-hybridized carbons (Fsp3) is 0.303. The molecule has 1 aliphatic rings. The summed E-state index contributed by atoms with van der Waals surface area (Å²) >= 11 is 0. The highest BCUT2D eigenvalue weighted by atomic mass is 31.2. The number of nitrogens with one attached hydrogen (secondary N) is 1. The number of likely N-dealkylation sites (tertiary alicyclic amines) is 1. The molecule has 1 fully saturated rings. The molecule has 3 aromatic carbocycles. The highest BCUT2D eigenvalue weighted by molar-refractivity contribution is 7.46. The maximum atomic E-state index is 14.1. The van der Waals surface area contributed by atoms with Gasteiger partial charge in [-0.15, -0.1) is 0 Å². The average molecular weight is 620 g/mol. The van der Waals surface area contributed by atoms with Gasteiger partial charge in [0.15, 0.2) is 0 Å². The van der Waals surface area contributed by atoms with Crippen molar-refractivity contribution in [3.63, 3.8) is 0 Å². The number of anilines is 1. The zero-order valence-electron chi connectivity index (χ0n) is 25.0. The molecule has 3 aromatic rings. The fourth-order valence-corrected chi connectivity index (χ4v) is 5.49. The number of hydrogen-bond acceptors (Lipinski definition) is 5. The Balaban J connectivity index is 1.50. The van der Waals surface area contributed by atoms with Crippen LogP contribution in [0.1, 0.15) is 44.7 Å². The Labute approximate surface area is 257 Å². The third-order valence-electron chi connectivity index (χ3n) is 7.27. The minimum atomic E-state index is -4.67. The number of rotatable bonds is 10. The number of benzene rings is 3. The molecule has 232 valence electrons. The third kappa shape index (κ3) is 8.89. The van der Waals surface area contributed by atoms with Crippen LogP contribution in [0.15, 0.2) is 91.0 Å². The van der Waals surface area contributed by atoms with Gasteiger partial charge in [-0.3, -0.25) is 24.2 Å². The number of phosphoric ester groups is 1. The van der Waals surface area contributed by atoms with E-state index in [4.69, 9.17) is 9.79 Å². The second-order valence-electron chi connectivity index (χ2n) is 11.7. The second kappa shape index (κ2) is 14.0. The zero-order chi connectivity index (χ0) is 31.9. The van der Waals surface area contributed by atoms with Crippen LogP contribution in [-0.2, 0) is 25.5 Å². The fourth-order valence-electron chi connectivity index (χ4n) is 5.09. The molecule has 11 heteroatoms. The van der Waals surface area contributed by atoms with Crippen LogP contribution < -0.4 is 14.7 Å². The number of para-hydroxylation sites is 1. The van der Waals surface area contributed by atoms with Gasteiger partial charge in [-0.1, -0.05) is 81.4 Å². The van der Waals surface area contributed by atoms with Gasteiger partial charge in [-0.05, 0) is 59.7 Å². The Bertz CT molecular complexity index is 1520. The van der Waals surface area contributed by atoms with Crippen LogP contribution in [-0.4, -0.2) is 51.0 Å². The molecule has 44 heavy (non-hydrogen) atoms. The van der Waals surface area contributed by atoms with E-state index in [1.807, 2.05) is 81.4 Å². The summed E-state index contributed by atoms with van der Waals surface area (Å²) in [5, 5.41) is 2.84. The van der Waals surface area contributed by atoms with Crippen LogP contribution in [0.4, 0.5) is 5.69 Å². The van der Waals surface area contributed by atoms with Gasteiger partial charge in [0.25, 0.3) is 0 Å². The lowest BCUT2D eigenvalue weighted by Gasteiger charge is -2.36. The Morgan fingerprint density at radius 3 is 2.20 bits per heavy atom. The molecule has 3 amide bonds. The van der Waals surface area contributed by atoms with E-state index in [2.05, 4.69) is 9.84 Å². The van der Waals surface area contributed by atoms with Crippen LogP contribution in [0.5, 0.6) is 5.75 Å². The molecular formula is C33H38N3O7P. The van der Waals surface area contributed by atoms with E-state index in [1.54, 1.807) is 9.80 Å². The van der Waals surface area contributed by atoms with E-state index in [-0.39, 0.29) is 17.6 Å². The molecule has 10 nitrogen and oxygen atoms in total. The first-order valence-corrected chi connectivity index (χ1v) is 15.9. The minimum absolute atomic E-state index is 0.0114. The molecule has 0 spiro atoms.